The number of fused-ring (bicyclic) bond motifs is 1. The molecule has 1 fully saturated rings. The molecule has 0 unspecified atom stereocenters. The van der Waals surface area contributed by atoms with E-state index in [1.54, 1.807) is 19.0 Å². The van der Waals surface area contributed by atoms with Gasteiger partial charge in [0.05, 0.1) is 19.3 Å². The Bertz CT molecular complexity index is 856. The van der Waals surface area contributed by atoms with Gasteiger partial charge in [0.1, 0.15) is 5.75 Å². The fraction of sp³-hybridized carbons (Fsp3) is 0.500. The fourth-order valence-corrected chi connectivity index (χ4v) is 3.34. The van der Waals surface area contributed by atoms with Crippen LogP contribution >= 0.6 is 0 Å². The number of pyridine rings is 1. The molecule has 1 atom stereocenters. The van der Waals surface area contributed by atoms with Crippen molar-refractivity contribution in [2.45, 2.75) is 32.4 Å². The van der Waals surface area contributed by atoms with Gasteiger partial charge >= 0.3 is 6.03 Å². The molecule has 1 aliphatic heterocycles. The number of carbonyl (C=O) groups is 1. The summed E-state index contributed by atoms with van der Waals surface area (Å²) in [6.45, 7) is 3.95. The number of urea groups is 1. The second kappa shape index (κ2) is 8.43. The standard InChI is InChI=1S/C20H27N3O4/c1-4-26-16-7-8-18-14(11-16)10-15(19(24)21-18)12-23(20(25)22(2)3)13-17-6-5-9-27-17/h7-8,10-11,17H,4-6,9,12-13H2,1-3H3,(H,21,24)/t17-/m0/s1. The van der Waals surface area contributed by atoms with E-state index < -0.39 is 0 Å². The summed E-state index contributed by atoms with van der Waals surface area (Å²) < 4.78 is 11.2. The van der Waals surface area contributed by atoms with Gasteiger partial charge in [0.25, 0.3) is 5.56 Å². The SMILES string of the molecule is CCOc1ccc2[nH]c(=O)c(CN(C[C@@H]3CCCO3)C(=O)N(C)C)cc2c1. The molecule has 27 heavy (non-hydrogen) atoms. The molecule has 0 spiro atoms. The number of H-pyrrole nitrogens is 1. The van der Waals surface area contributed by atoms with Gasteiger partial charge in [-0.05, 0) is 44.0 Å². The smallest absolute Gasteiger partial charge is 0.319 e. The Morgan fingerprint density at radius 2 is 2.15 bits per heavy atom. The predicted molar refractivity (Wildman–Crippen MR) is 104 cm³/mol. The molecule has 2 heterocycles. The molecule has 2 aromatic rings. The third-order valence-electron chi connectivity index (χ3n) is 4.67. The maximum Gasteiger partial charge on any atom is 0.319 e. The Labute approximate surface area is 158 Å². The first-order valence-electron chi connectivity index (χ1n) is 9.34. The van der Waals surface area contributed by atoms with Crippen LogP contribution < -0.4 is 10.3 Å². The molecule has 7 nitrogen and oxygen atoms in total. The average molecular weight is 373 g/mol. The minimum Gasteiger partial charge on any atom is -0.494 e. The lowest BCUT2D eigenvalue weighted by Crippen LogP contribution is -2.43. The van der Waals surface area contributed by atoms with Crippen molar-refractivity contribution in [2.24, 2.45) is 0 Å². The second-order valence-corrected chi connectivity index (χ2v) is 7.00. The van der Waals surface area contributed by atoms with Crippen molar-refractivity contribution in [3.05, 3.63) is 40.2 Å². The van der Waals surface area contributed by atoms with Crippen molar-refractivity contribution in [1.29, 1.82) is 0 Å². The number of aromatic amines is 1. The Balaban J connectivity index is 1.88. The van der Waals surface area contributed by atoms with E-state index in [0.29, 0.717) is 18.7 Å². The maximum atomic E-state index is 12.6. The summed E-state index contributed by atoms with van der Waals surface area (Å²) in [4.78, 5) is 31.3. The first-order valence-corrected chi connectivity index (χ1v) is 9.34. The molecule has 7 heteroatoms. The van der Waals surface area contributed by atoms with Crippen molar-refractivity contribution in [3.8, 4) is 5.75 Å². The van der Waals surface area contributed by atoms with Crippen LogP contribution in [0.2, 0.25) is 0 Å². The Morgan fingerprint density at radius 3 is 2.81 bits per heavy atom. The number of ether oxygens (including phenoxy) is 2. The minimum atomic E-state index is -0.185. The lowest BCUT2D eigenvalue weighted by Gasteiger charge is -2.28. The van der Waals surface area contributed by atoms with Gasteiger partial charge in [0.2, 0.25) is 0 Å². The minimum absolute atomic E-state index is 0.0259. The van der Waals surface area contributed by atoms with Crippen LogP contribution in [0.25, 0.3) is 10.9 Å². The van der Waals surface area contributed by atoms with E-state index in [1.165, 1.54) is 4.90 Å². The average Bonchev–Trinajstić information content (AvgIpc) is 3.14. The molecular weight excluding hydrogens is 346 g/mol. The zero-order chi connectivity index (χ0) is 19.4. The number of hydrogen-bond donors (Lipinski definition) is 1. The summed E-state index contributed by atoms with van der Waals surface area (Å²) in [5, 5.41) is 0.880. The number of benzene rings is 1. The van der Waals surface area contributed by atoms with Crippen LogP contribution in [0, 0.1) is 0 Å². The van der Waals surface area contributed by atoms with Crippen molar-refractivity contribution in [3.63, 3.8) is 0 Å². The van der Waals surface area contributed by atoms with Gasteiger partial charge in [0, 0.05) is 43.7 Å². The van der Waals surface area contributed by atoms with Crippen LogP contribution in [0.4, 0.5) is 4.79 Å². The molecular formula is C20H27N3O4. The van der Waals surface area contributed by atoms with E-state index in [9.17, 15) is 9.59 Å². The molecule has 3 rings (SSSR count). The maximum absolute atomic E-state index is 12.6. The second-order valence-electron chi connectivity index (χ2n) is 7.00. The Morgan fingerprint density at radius 1 is 1.33 bits per heavy atom. The van der Waals surface area contributed by atoms with Crippen LogP contribution in [0.1, 0.15) is 25.3 Å². The number of rotatable bonds is 6. The number of nitrogens with zero attached hydrogens (tertiary/aromatic N) is 2. The first-order chi connectivity index (χ1) is 13.0. The molecule has 1 aromatic heterocycles. The lowest BCUT2D eigenvalue weighted by molar-refractivity contribution is 0.0742. The van der Waals surface area contributed by atoms with Gasteiger partial charge in [-0.15, -0.1) is 0 Å². The highest BCUT2D eigenvalue weighted by atomic mass is 16.5. The largest absolute Gasteiger partial charge is 0.494 e. The van der Waals surface area contributed by atoms with E-state index in [0.717, 1.165) is 36.1 Å². The van der Waals surface area contributed by atoms with Gasteiger partial charge in [-0.3, -0.25) is 4.79 Å². The summed E-state index contributed by atoms with van der Waals surface area (Å²) >= 11 is 0. The van der Waals surface area contributed by atoms with Crippen LogP contribution in [-0.4, -0.2) is 60.8 Å². The van der Waals surface area contributed by atoms with Gasteiger partial charge in [-0.1, -0.05) is 0 Å². The van der Waals surface area contributed by atoms with Crippen LogP contribution in [0.5, 0.6) is 5.75 Å². The van der Waals surface area contributed by atoms with E-state index in [-0.39, 0.29) is 24.2 Å². The molecule has 0 aliphatic carbocycles. The number of aromatic nitrogens is 1. The van der Waals surface area contributed by atoms with E-state index in [2.05, 4.69) is 4.98 Å². The van der Waals surface area contributed by atoms with Crippen molar-refractivity contribution in [2.75, 3.05) is 33.9 Å². The van der Waals surface area contributed by atoms with Gasteiger partial charge < -0.3 is 24.3 Å². The van der Waals surface area contributed by atoms with Gasteiger partial charge in [0.15, 0.2) is 0 Å². The summed E-state index contributed by atoms with van der Waals surface area (Å²) in [5.74, 6) is 0.753. The normalized spacial score (nSPS) is 16.5. The van der Waals surface area contributed by atoms with E-state index in [1.807, 2.05) is 31.2 Å². The number of carbonyl (C=O) groups excluding carboxylic acids is 1. The molecule has 1 N–H and O–H groups in total. The Kier molecular flexibility index (Phi) is 6.01. The summed E-state index contributed by atoms with van der Waals surface area (Å²) in [5.41, 5.74) is 1.11. The lowest BCUT2D eigenvalue weighted by atomic mass is 10.1. The highest BCUT2D eigenvalue weighted by Crippen LogP contribution is 2.20. The zero-order valence-corrected chi connectivity index (χ0v) is 16.2. The van der Waals surface area contributed by atoms with Crippen molar-refractivity contribution in [1.82, 2.24) is 14.8 Å². The fourth-order valence-electron chi connectivity index (χ4n) is 3.34. The zero-order valence-electron chi connectivity index (χ0n) is 16.2. The first kappa shape index (κ1) is 19.2. The highest BCUT2D eigenvalue weighted by Gasteiger charge is 2.24. The topological polar surface area (TPSA) is 74.9 Å². The van der Waals surface area contributed by atoms with Gasteiger partial charge in [-0.2, -0.15) is 0 Å². The third kappa shape index (κ3) is 4.60. The molecule has 1 saturated heterocycles. The quantitative estimate of drug-likeness (QED) is 0.845. The molecule has 2 amide bonds. The van der Waals surface area contributed by atoms with Crippen LogP contribution in [-0.2, 0) is 11.3 Å². The van der Waals surface area contributed by atoms with Crippen molar-refractivity contribution < 1.29 is 14.3 Å². The summed E-state index contributed by atoms with van der Waals surface area (Å²) in [7, 11) is 3.42. The summed E-state index contributed by atoms with van der Waals surface area (Å²) in [6.07, 6.45) is 1.96. The number of hydrogen-bond acceptors (Lipinski definition) is 4. The molecule has 1 aromatic carbocycles. The monoisotopic (exact) mass is 373 g/mol. The molecule has 0 saturated carbocycles. The van der Waals surface area contributed by atoms with Crippen LogP contribution in [0.3, 0.4) is 0 Å². The van der Waals surface area contributed by atoms with Crippen LogP contribution in [0.15, 0.2) is 29.1 Å². The summed E-state index contributed by atoms with van der Waals surface area (Å²) in [6, 6.07) is 7.27. The molecule has 1 aliphatic rings. The highest BCUT2D eigenvalue weighted by molar-refractivity contribution is 5.80. The number of amides is 2. The van der Waals surface area contributed by atoms with Crippen molar-refractivity contribution >= 4 is 16.9 Å². The third-order valence-corrected chi connectivity index (χ3v) is 4.67. The van der Waals surface area contributed by atoms with Gasteiger partial charge in [-0.25, -0.2) is 4.79 Å². The number of nitrogens with one attached hydrogen (secondary N) is 1. The molecule has 0 radical (unpaired) electrons. The predicted octanol–water partition coefficient (Wildman–Crippen LogP) is 2.59. The molecule has 0 bridgehead atoms. The van der Waals surface area contributed by atoms with E-state index >= 15 is 0 Å². The Hall–Kier alpha value is -2.54. The molecule has 146 valence electrons. The van der Waals surface area contributed by atoms with E-state index in [4.69, 9.17) is 9.47 Å².